The third-order valence-corrected chi connectivity index (χ3v) is 4.12. The van der Waals surface area contributed by atoms with Crippen LogP contribution in [0.2, 0.25) is 0 Å². The van der Waals surface area contributed by atoms with Crippen molar-refractivity contribution in [3.63, 3.8) is 0 Å². The first-order valence-corrected chi connectivity index (χ1v) is 9.81. The van der Waals surface area contributed by atoms with Crippen LogP contribution in [-0.4, -0.2) is 103 Å². The minimum atomic E-state index is -0.851. The molecule has 0 radical (unpaired) electrons. The summed E-state index contributed by atoms with van der Waals surface area (Å²) >= 11 is 0. The number of aliphatic carboxylic acids is 1. The van der Waals surface area contributed by atoms with Gasteiger partial charge in [-0.25, -0.2) is 4.79 Å². The van der Waals surface area contributed by atoms with Gasteiger partial charge in [-0.15, -0.1) is 0 Å². The van der Waals surface area contributed by atoms with Gasteiger partial charge in [-0.2, -0.15) is 0 Å². The summed E-state index contributed by atoms with van der Waals surface area (Å²) < 4.78 is 10.6. The van der Waals surface area contributed by atoms with E-state index in [-0.39, 0.29) is 18.7 Å². The van der Waals surface area contributed by atoms with E-state index in [1.807, 2.05) is 39.5 Å². The van der Waals surface area contributed by atoms with Crippen LogP contribution in [0.3, 0.4) is 0 Å². The maximum atomic E-state index is 12.4. The van der Waals surface area contributed by atoms with Crippen molar-refractivity contribution in [1.29, 1.82) is 0 Å². The number of nitrogens with zero attached hydrogens (tertiary/aromatic N) is 3. The van der Waals surface area contributed by atoms with Crippen molar-refractivity contribution in [2.45, 2.75) is 53.2 Å². The molecule has 27 heavy (non-hydrogen) atoms. The van der Waals surface area contributed by atoms with E-state index >= 15 is 0 Å². The Hall–Kier alpha value is -1.38. The summed E-state index contributed by atoms with van der Waals surface area (Å²) in [5.74, 6) is -0.851. The number of hydrogen-bond donors (Lipinski definition) is 1. The molecule has 1 N–H and O–H groups in total. The predicted molar refractivity (Wildman–Crippen MR) is 106 cm³/mol. The largest absolute Gasteiger partial charge is 0.480 e. The molecule has 1 atom stereocenters. The summed E-state index contributed by atoms with van der Waals surface area (Å²) in [5.41, 5.74) is -0.543. The lowest BCUT2D eigenvalue weighted by molar-refractivity contribution is -0.139. The molecule has 1 heterocycles. The number of carboxylic acids is 1. The number of rotatable bonds is 8. The molecule has 0 bridgehead atoms. The molecule has 0 aromatic heterocycles. The number of carbonyl (C=O) groups excluding carboxylic acids is 1. The second-order valence-corrected chi connectivity index (χ2v) is 7.33. The molecule has 8 nitrogen and oxygen atoms in total. The van der Waals surface area contributed by atoms with Gasteiger partial charge in [0.1, 0.15) is 5.60 Å². The summed E-state index contributed by atoms with van der Waals surface area (Å²) in [7, 11) is 1.66. The molecule has 0 aromatic carbocycles. The second kappa shape index (κ2) is 12.9. The average molecular weight is 390 g/mol. The molecule has 0 aliphatic carbocycles. The van der Waals surface area contributed by atoms with Crippen molar-refractivity contribution >= 4 is 12.1 Å². The molecule has 0 unspecified atom stereocenters. The molecule has 1 saturated heterocycles. The molecule has 1 aliphatic heterocycles. The van der Waals surface area contributed by atoms with Gasteiger partial charge >= 0.3 is 12.1 Å². The Kier molecular flexibility index (Phi) is 12.2. The molecule has 0 saturated carbocycles. The topological polar surface area (TPSA) is 82.6 Å². The Morgan fingerprint density at radius 2 is 1.85 bits per heavy atom. The number of likely N-dealkylation sites (N-methyl/N-ethyl adjacent to an activating group) is 1. The highest BCUT2D eigenvalue weighted by atomic mass is 16.6. The van der Waals surface area contributed by atoms with Crippen molar-refractivity contribution in [3.05, 3.63) is 0 Å². The number of amides is 1. The van der Waals surface area contributed by atoms with Crippen molar-refractivity contribution < 1.29 is 24.2 Å². The summed E-state index contributed by atoms with van der Waals surface area (Å²) in [4.78, 5) is 29.3. The lowest BCUT2D eigenvalue weighted by Crippen LogP contribution is -2.59. The van der Waals surface area contributed by atoms with Gasteiger partial charge in [-0.1, -0.05) is 20.8 Å². The second-order valence-electron chi connectivity index (χ2n) is 7.33. The molecule has 160 valence electrons. The fraction of sp³-hybridized carbons (Fsp3) is 0.895. The van der Waals surface area contributed by atoms with E-state index < -0.39 is 11.6 Å². The van der Waals surface area contributed by atoms with Crippen LogP contribution in [0.1, 0.15) is 41.5 Å². The Labute approximate surface area is 164 Å². The smallest absolute Gasteiger partial charge is 0.410 e. The summed E-state index contributed by atoms with van der Waals surface area (Å²) in [6.07, 6.45) is -0.340. The lowest BCUT2D eigenvalue weighted by Gasteiger charge is -2.42. The molecule has 0 aromatic rings. The van der Waals surface area contributed by atoms with Crippen molar-refractivity contribution in [2.24, 2.45) is 0 Å². The van der Waals surface area contributed by atoms with Crippen molar-refractivity contribution in [2.75, 3.05) is 59.5 Å². The zero-order valence-corrected chi connectivity index (χ0v) is 18.2. The SMILES string of the molecule is CC.CCN(CCOC)C[C@H]1CN(C(=O)OC(C)(C)C)CCN1CC(=O)O. The van der Waals surface area contributed by atoms with Crippen LogP contribution in [0.5, 0.6) is 0 Å². The normalized spacial score (nSPS) is 18.1. The quantitative estimate of drug-likeness (QED) is 0.680. The fourth-order valence-corrected chi connectivity index (χ4v) is 2.84. The van der Waals surface area contributed by atoms with E-state index in [4.69, 9.17) is 14.6 Å². The Balaban J connectivity index is 0.00000326. The maximum Gasteiger partial charge on any atom is 0.410 e. The van der Waals surface area contributed by atoms with E-state index in [1.54, 1.807) is 12.0 Å². The molecule has 0 spiro atoms. The van der Waals surface area contributed by atoms with Gasteiger partial charge in [0.15, 0.2) is 0 Å². The highest BCUT2D eigenvalue weighted by Gasteiger charge is 2.33. The van der Waals surface area contributed by atoms with Gasteiger partial charge in [-0.3, -0.25) is 14.6 Å². The van der Waals surface area contributed by atoms with Gasteiger partial charge in [0.2, 0.25) is 0 Å². The molecule has 1 fully saturated rings. The summed E-state index contributed by atoms with van der Waals surface area (Å²) in [5, 5.41) is 9.16. The molecular weight excluding hydrogens is 350 g/mol. The third kappa shape index (κ3) is 10.5. The van der Waals surface area contributed by atoms with Crippen LogP contribution in [0, 0.1) is 0 Å². The molecule has 8 heteroatoms. The Morgan fingerprint density at radius 1 is 1.22 bits per heavy atom. The van der Waals surface area contributed by atoms with Crippen LogP contribution < -0.4 is 0 Å². The fourth-order valence-electron chi connectivity index (χ4n) is 2.84. The van der Waals surface area contributed by atoms with Crippen molar-refractivity contribution in [1.82, 2.24) is 14.7 Å². The summed E-state index contributed by atoms with van der Waals surface area (Å²) in [6, 6.07) is -0.0471. The van der Waals surface area contributed by atoms with E-state index in [0.29, 0.717) is 32.8 Å². The Bertz CT molecular complexity index is 440. The van der Waals surface area contributed by atoms with Gasteiger partial charge in [0.25, 0.3) is 0 Å². The number of hydrogen-bond acceptors (Lipinski definition) is 6. The summed E-state index contributed by atoms with van der Waals surface area (Å²) in [6.45, 7) is 15.9. The van der Waals surface area contributed by atoms with E-state index in [1.165, 1.54) is 0 Å². The average Bonchev–Trinajstić information content (AvgIpc) is 2.59. The molecule has 1 amide bonds. The first kappa shape index (κ1) is 25.6. The van der Waals surface area contributed by atoms with Gasteiger partial charge < -0.3 is 19.5 Å². The van der Waals surface area contributed by atoms with E-state index in [2.05, 4.69) is 11.8 Å². The third-order valence-electron chi connectivity index (χ3n) is 4.12. The maximum absolute atomic E-state index is 12.4. The van der Waals surface area contributed by atoms with E-state index in [0.717, 1.165) is 13.1 Å². The minimum absolute atomic E-state index is 0.0192. The molecular formula is C19H39N3O5. The number of carbonyl (C=O) groups is 2. The Morgan fingerprint density at radius 3 is 2.33 bits per heavy atom. The van der Waals surface area contributed by atoms with Crippen LogP contribution >= 0.6 is 0 Å². The van der Waals surface area contributed by atoms with Crippen LogP contribution in [0.15, 0.2) is 0 Å². The van der Waals surface area contributed by atoms with Crippen LogP contribution in [0.4, 0.5) is 4.79 Å². The molecule has 1 rings (SSSR count). The van der Waals surface area contributed by atoms with E-state index in [9.17, 15) is 9.59 Å². The molecule has 1 aliphatic rings. The zero-order chi connectivity index (χ0) is 21.0. The monoisotopic (exact) mass is 389 g/mol. The first-order valence-electron chi connectivity index (χ1n) is 9.81. The lowest BCUT2D eigenvalue weighted by atomic mass is 10.1. The zero-order valence-electron chi connectivity index (χ0n) is 18.2. The standard InChI is InChI=1S/C17H33N3O5.C2H6/c1-6-18(9-10-24-5)11-14-12-20(16(23)25-17(2,3)4)8-7-19(14)13-15(21)22;1-2/h14H,6-13H2,1-5H3,(H,21,22);1-2H3/t14-;/m0./s1. The van der Waals surface area contributed by atoms with Crippen LogP contribution in [-0.2, 0) is 14.3 Å². The van der Waals surface area contributed by atoms with Crippen LogP contribution in [0.25, 0.3) is 0 Å². The van der Waals surface area contributed by atoms with Gasteiger partial charge in [0.05, 0.1) is 13.2 Å². The highest BCUT2D eigenvalue weighted by Crippen LogP contribution is 2.16. The number of ether oxygens (including phenoxy) is 2. The first-order chi connectivity index (χ1) is 12.7. The van der Waals surface area contributed by atoms with Crippen molar-refractivity contribution in [3.8, 4) is 0 Å². The number of piperazine rings is 1. The minimum Gasteiger partial charge on any atom is -0.480 e. The van der Waals surface area contributed by atoms with Gasteiger partial charge in [0, 0.05) is 45.9 Å². The predicted octanol–water partition coefficient (Wildman–Crippen LogP) is 1.99. The highest BCUT2D eigenvalue weighted by molar-refractivity contribution is 5.70. The number of methoxy groups -OCH3 is 1. The number of carboxylic acid groups (broad SMARTS) is 1. The van der Waals surface area contributed by atoms with Gasteiger partial charge in [-0.05, 0) is 27.3 Å².